The molecule has 1 unspecified atom stereocenters. The van der Waals surface area contributed by atoms with Crippen LogP contribution in [0.2, 0.25) is 0 Å². The summed E-state index contributed by atoms with van der Waals surface area (Å²) >= 11 is 0. The second-order valence-electron chi connectivity index (χ2n) is 9.80. The first-order chi connectivity index (χ1) is 18.2. The Hall–Kier alpha value is -3.84. The summed E-state index contributed by atoms with van der Waals surface area (Å²) < 4.78 is 19.4. The van der Waals surface area contributed by atoms with Gasteiger partial charge in [-0.3, -0.25) is 9.98 Å². The minimum Gasteiger partial charge on any atom is -0.381 e. The number of aliphatic imine (C=N–C) groups is 1. The molecule has 3 aliphatic rings. The highest BCUT2D eigenvalue weighted by Gasteiger charge is 2.33. The van der Waals surface area contributed by atoms with Gasteiger partial charge in [-0.15, -0.1) is 0 Å². The number of hydrogen-bond acceptors (Lipinski definition) is 6. The van der Waals surface area contributed by atoms with E-state index in [0.717, 1.165) is 60.6 Å². The molecule has 0 radical (unpaired) electrons. The van der Waals surface area contributed by atoms with E-state index in [2.05, 4.69) is 56.6 Å². The fourth-order valence-corrected chi connectivity index (χ4v) is 5.57. The van der Waals surface area contributed by atoms with E-state index >= 15 is 0 Å². The Labute approximate surface area is 216 Å². The van der Waals surface area contributed by atoms with Crippen molar-refractivity contribution in [3.8, 4) is 0 Å². The third kappa shape index (κ3) is 4.91. The molecule has 7 heteroatoms. The van der Waals surface area contributed by atoms with E-state index in [-0.39, 0.29) is 17.8 Å². The van der Waals surface area contributed by atoms with Gasteiger partial charge in [0.2, 0.25) is 0 Å². The molecule has 1 aromatic heterocycles. The summed E-state index contributed by atoms with van der Waals surface area (Å²) in [5, 5.41) is 3.48. The highest BCUT2D eigenvalue weighted by atomic mass is 19.1. The van der Waals surface area contributed by atoms with Gasteiger partial charge < -0.3 is 15.0 Å². The van der Waals surface area contributed by atoms with Crippen molar-refractivity contribution >= 4 is 22.9 Å². The third-order valence-corrected chi connectivity index (χ3v) is 7.45. The molecule has 2 aromatic carbocycles. The van der Waals surface area contributed by atoms with Gasteiger partial charge >= 0.3 is 0 Å². The second kappa shape index (κ2) is 10.3. The van der Waals surface area contributed by atoms with E-state index in [1.807, 2.05) is 12.1 Å². The quantitative estimate of drug-likeness (QED) is 0.455. The molecule has 2 aliphatic carbocycles. The van der Waals surface area contributed by atoms with E-state index in [1.54, 1.807) is 25.7 Å². The average molecular weight is 496 g/mol. The zero-order valence-electron chi connectivity index (χ0n) is 20.8. The Balaban J connectivity index is 1.43. The first kappa shape index (κ1) is 23.6. The van der Waals surface area contributed by atoms with Crippen LogP contribution in [-0.4, -0.2) is 34.9 Å². The summed E-state index contributed by atoms with van der Waals surface area (Å²) in [6.07, 6.45) is 14.8. The van der Waals surface area contributed by atoms with Crippen molar-refractivity contribution in [2.45, 2.75) is 44.2 Å². The third-order valence-electron chi connectivity index (χ3n) is 7.45. The number of ether oxygens (including phenoxy) is 1. The average Bonchev–Trinajstić information content (AvgIpc) is 2.94. The monoisotopic (exact) mass is 495 g/mol. The molecule has 1 N–H and O–H groups in total. The Morgan fingerprint density at radius 1 is 1.03 bits per heavy atom. The van der Waals surface area contributed by atoms with E-state index in [4.69, 9.17) is 9.73 Å². The van der Waals surface area contributed by atoms with Gasteiger partial charge in [0, 0.05) is 42.5 Å². The van der Waals surface area contributed by atoms with Crippen LogP contribution in [0.5, 0.6) is 0 Å². The number of para-hydroxylation sites is 1. The summed E-state index contributed by atoms with van der Waals surface area (Å²) in [5.41, 5.74) is 6.30. The zero-order chi connectivity index (χ0) is 25.2. The normalized spacial score (nSPS) is 24.1. The predicted molar refractivity (Wildman–Crippen MR) is 144 cm³/mol. The van der Waals surface area contributed by atoms with Crippen LogP contribution < -0.4 is 10.2 Å². The summed E-state index contributed by atoms with van der Waals surface area (Å²) in [6, 6.07) is 15.4. The van der Waals surface area contributed by atoms with Gasteiger partial charge in [0.15, 0.2) is 0 Å². The van der Waals surface area contributed by atoms with Gasteiger partial charge in [-0.2, -0.15) is 0 Å². The topological polar surface area (TPSA) is 62.6 Å². The van der Waals surface area contributed by atoms with E-state index in [1.165, 1.54) is 17.7 Å². The second-order valence-corrected chi connectivity index (χ2v) is 9.80. The van der Waals surface area contributed by atoms with Gasteiger partial charge in [0.25, 0.3) is 0 Å². The van der Waals surface area contributed by atoms with Gasteiger partial charge in [0.1, 0.15) is 11.6 Å². The van der Waals surface area contributed by atoms with Crippen LogP contribution in [0.15, 0.2) is 95.7 Å². The van der Waals surface area contributed by atoms with Crippen molar-refractivity contribution in [3.63, 3.8) is 0 Å². The Bertz CT molecular complexity index is 1340. The van der Waals surface area contributed by atoms with Crippen molar-refractivity contribution in [2.24, 2.45) is 10.9 Å². The molecule has 37 heavy (non-hydrogen) atoms. The lowest BCUT2D eigenvalue weighted by atomic mass is 9.84. The molecular weight excluding hydrogens is 465 g/mol. The number of halogens is 1. The van der Waals surface area contributed by atoms with E-state index < -0.39 is 0 Å². The van der Waals surface area contributed by atoms with Gasteiger partial charge in [-0.25, -0.2) is 9.37 Å². The highest BCUT2D eigenvalue weighted by molar-refractivity contribution is 6.12. The number of aromatic nitrogens is 2. The maximum absolute atomic E-state index is 13.8. The first-order valence-corrected chi connectivity index (χ1v) is 12.9. The number of hydrogen-bond donors (Lipinski definition) is 1. The molecule has 1 atom stereocenters. The molecule has 188 valence electrons. The number of nitrogens with one attached hydrogen (secondary N) is 1. The molecule has 0 spiro atoms. The van der Waals surface area contributed by atoms with E-state index in [0.29, 0.717) is 11.9 Å². The molecule has 6 rings (SSSR count). The molecular formula is C30H30FN5O. The fourth-order valence-electron chi connectivity index (χ4n) is 5.57. The maximum atomic E-state index is 13.8. The molecule has 0 amide bonds. The van der Waals surface area contributed by atoms with Crippen molar-refractivity contribution in [1.29, 1.82) is 0 Å². The number of methoxy groups -OCH3 is 1. The molecule has 1 aliphatic heterocycles. The number of rotatable bonds is 5. The lowest BCUT2D eigenvalue weighted by Crippen LogP contribution is -2.34. The zero-order valence-corrected chi connectivity index (χ0v) is 20.8. The molecule has 1 fully saturated rings. The van der Waals surface area contributed by atoms with Gasteiger partial charge in [-0.1, -0.05) is 18.2 Å². The fraction of sp³-hybridized carbons (Fsp3) is 0.300. The maximum Gasteiger partial charge on any atom is 0.148 e. The Morgan fingerprint density at radius 3 is 2.59 bits per heavy atom. The summed E-state index contributed by atoms with van der Waals surface area (Å²) in [7, 11) is 1.79. The van der Waals surface area contributed by atoms with Crippen LogP contribution in [0.1, 0.15) is 31.2 Å². The van der Waals surface area contributed by atoms with Crippen LogP contribution in [0.4, 0.5) is 21.6 Å². The Kier molecular flexibility index (Phi) is 6.53. The SMILES string of the molecule is COC1CCC(N=C2C=C3C(C=C2Nc2cnccn2)Cc2ccccc2N3c2ccc(F)cc2)CC1. The number of allylic oxidation sites excluding steroid dienone is 2. The summed E-state index contributed by atoms with van der Waals surface area (Å²) in [4.78, 5) is 16.1. The predicted octanol–water partition coefficient (Wildman–Crippen LogP) is 6.22. The van der Waals surface area contributed by atoms with E-state index in [9.17, 15) is 4.39 Å². The summed E-state index contributed by atoms with van der Waals surface area (Å²) in [5.74, 6) is 0.572. The minimum atomic E-state index is -0.243. The van der Waals surface area contributed by atoms with Crippen molar-refractivity contribution in [1.82, 2.24) is 9.97 Å². The number of anilines is 3. The van der Waals surface area contributed by atoms with Crippen molar-refractivity contribution in [3.05, 3.63) is 102 Å². The van der Waals surface area contributed by atoms with Crippen molar-refractivity contribution < 1.29 is 9.13 Å². The van der Waals surface area contributed by atoms with Crippen molar-refractivity contribution in [2.75, 3.05) is 17.3 Å². The molecule has 2 heterocycles. The molecule has 1 saturated carbocycles. The minimum absolute atomic E-state index is 0.127. The highest BCUT2D eigenvalue weighted by Crippen LogP contribution is 2.44. The molecule has 0 bridgehead atoms. The van der Waals surface area contributed by atoms with Crippen LogP contribution in [0.25, 0.3) is 0 Å². The number of nitrogens with zero attached hydrogens (tertiary/aromatic N) is 4. The van der Waals surface area contributed by atoms with Crippen LogP contribution in [-0.2, 0) is 11.2 Å². The smallest absolute Gasteiger partial charge is 0.148 e. The molecule has 6 nitrogen and oxygen atoms in total. The largest absolute Gasteiger partial charge is 0.381 e. The lowest BCUT2D eigenvalue weighted by Gasteiger charge is -2.40. The van der Waals surface area contributed by atoms with Crippen LogP contribution in [0, 0.1) is 11.7 Å². The molecule has 3 aromatic rings. The number of fused-ring (bicyclic) bond motifs is 2. The molecule has 0 saturated heterocycles. The van der Waals surface area contributed by atoms with Crippen LogP contribution in [0.3, 0.4) is 0 Å². The van der Waals surface area contributed by atoms with Crippen LogP contribution >= 0.6 is 0 Å². The van der Waals surface area contributed by atoms with Gasteiger partial charge in [-0.05, 0) is 80.2 Å². The van der Waals surface area contributed by atoms with Gasteiger partial charge in [0.05, 0.1) is 29.8 Å². The lowest BCUT2D eigenvalue weighted by molar-refractivity contribution is 0.0667. The Morgan fingerprint density at radius 2 is 1.84 bits per heavy atom. The standard InChI is InChI=1S/C30H30FN5O/c1-37-25-12-8-23(9-13-25)34-27-18-29-21(17-26(27)35-30-19-32-14-15-33-30)16-20-4-2-3-5-28(20)36(29)24-10-6-22(31)7-11-24/h2-7,10-11,14-15,17-19,21,23,25H,8-9,12-13,16H2,1H3,(H,33,35). The summed E-state index contributed by atoms with van der Waals surface area (Å²) in [6.45, 7) is 0. The number of benzene rings is 2. The first-order valence-electron chi connectivity index (χ1n) is 12.9.